The lowest BCUT2D eigenvalue weighted by atomic mass is 9.56. The van der Waals surface area contributed by atoms with Crippen LogP contribution >= 0.6 is 0 Å². The molecule has 0 bridgehead atoms. The summed E-state index contributed by atoms with van der Waals surface area (Å²) in [5.74, 6) is -0.0313. The van der Waals surface area contributed by atoms with E-state index in [2.05, 4.69) is 270 Å². The molecule has 646 valence electrons. The van der Waals surface area contributed by atoms with Crippen molar-refractivity contribution >= 4 is 5.97 Å². The van der Waals surface area contributed by atoms with Crippen molar-refractivity contribution in [2.75, 3.05) is 33.0 Å². The van der Waals surface area contributed by atoms with Gasteiger partial charge in [0.25, 0.3) is 5.92 Å². The molecule has 108 heavy (non-hydrogen) atoms. The Kier molecular flexibility index (Phi) is 34.4. The molecule has 2 heterocycles. The second-order valence-electron chi connectivity index (χ2n) is 51.8. The molecule has 8 heteroatoms. The predicted octanol–water partition coefficient (Wildman–Crippen LogP) is 32.8. The second kappa shape index (κ2) is 35.3. The Morgan fingerprint density at radius 1 is 0.389 bits per heavy atom. The number of esters is 1. The summed E-state index contributed by atoms with van der Waals surface area (Å²) in [6.07, 6.45) is 24.5. The smallest absolute Gasteiger partial charge is 0.302 e. The lowest BCUT2D eigenvalue weighted by molar-refractivity contribution is -0.158. The molecule has 12 aliphatic rings. The van der Waals surface area contributed by atoms with Crippen LogP contribution in [0.2, 0.25) is 0 Å². The zero-order valence-electron chi connectivity index (χ0n) is 82.0. The Hall–Kier alpha value is -0.890. The summed E-state index contributed by atoms with van der Waals surface area (Å²) in [6.45, 7) is 108. The van der Waals surface area contributed by atoms with Gasteiger partial charge in [0.2, 0.25) is 0 Å². The van der Waals surface area contributed by atoms with E-state index in [-0.39, 0.29) is 28.6 Å². The third-order valence-electron chi connectivity index (χ3n) is 33.5. The van der Waals surface area contributed by atoms with E-state index >= 15 is 0 Å². The summed E-state index contributed by atoms with van der Waals surface area (Å²) in [4.78, 5) is 10.6. The van der Waals surface area contributed by atoms with Crippen molar-refractivity contribution in [2.45, 2.75) is 465 Å². The zero-order chi connectivity index (χ0) is 86.1. The lowest BCUT2D eigenvalue weighted by Gasteiger charge is -2.49. The van der Waals surface area contributed by atoms with Crippen LogP contribution in [0, 0.1) is 138 Å². The fraction of sp³-hybridized carbons (Fsp3) is 0.990. The standard InChI is InChI=1S/C10H18O2.C9H17F.2C9H18.C8H14F2.2C8H16O.4C8H16.C7H13F/c1-8(11)12-7-10(5-6-10)9(2,3)4;1-6(2)7-5-8(7)9(3,4)10;1-8(2,3)9(4)6-5-7-9;1-5-9(6-7-9)8(2,3)4;1-6(2,3)7(4)5-8(7,9)10;2*1-7(2,3)8(4)5-9-6-8;4*1-7(2,3)8(4)5-6-8;1-5(2)6-4-7(6,3)8/h5-7H2,1-4H3;6-8H,5H2,1-4H3;2*5-7H2,1-4H3;5H2,1-4H3;2*5-6H2,1-4H3;4*5-6H2,1-4H3;5-6H,4H2,1-3H3. The first-order valence-corrected chi connectivity index (χ1v) is 44.3. The highest BCUT2D eigenvalue weighted by Gasteiger charge is 2.72. The Bertz CT molecular complexity index is 2460. The summed E-state index contributed by atoms with van der Waals surface area (Å²) in [6, 6.07) is 0. The van der Waals surface area contributed by atoms with E-state index < -0.39 is 22.7 Å². The van der Waals surface area contributed by atoms with Crippen LogP contribution < -0.4 is 0 Å². The molecule has 0 aromatic heterocycles. The van der Waals surface area contributed by atoms with Gasteiger partial charge < -0.3 is 14.2 Å². The van der Waals surface area contributed by atoms with Crippen molar-refractivity contribution in [1.82, 2.24) is 0 Å². The number of hydrogen-bond acceptors (Lipinski definition) is 4. The first-order valence-electron chi connectivity index (χ1n) is 44.3. The molecule has 12 rings (SSSR count). The molecule has 12 fully saturated rings. The van der Waals surface area contributed by atoms with Crippen molar-refractivity contribution in [2.24, 2.45) is 138 Å². The van der Waals surface area contributed by atoms with Crippen LogP contribution in [-0.2, 0) is 19.0 Å². The molecule has 0 aromatic carbocycles. The molecular formula is C100H194F4O4. The molecule has 0 aromatic rings. The van der Waals surface area contributed by atoms with Crippen molar-refractivity contribution in [3.8, 4) is 0 Å². The molecular weight excluding hydrogens is 1340 g/mol. The highest BCUT2D eigenvalue weighted by Crippen LogP contribution is 2.69. The molecule has 0 amide bonds. The molecule has 4 nitrogen and oxygen atoms in total. The van der Waals surface area contributed by atoms with Crippen molar-refractivity contribution < 1.29 is 36.6 Å². The minimum Gasteiger partial charge on any atom is -0.465 e. The quantitative estimate of drug-likeness (QED) is 0.196. The fourth-order valence-electron chi connectivity index (χ4n) is 14.4. The van der Waals surface area contributed by atoms with E-state index in [1.807, 2.05) is 20.8 Å². The van der Waals surface area contributed by atoms with Crippen LogP contribution in [0.15, 0.2) is 0 Å². The zero-order valence-corrected chi connectivity index (χ0v) is 82.0. The maximum Gasteiger partial charge on any atom is 0.302 e. The third kappa shape index (κ3) is 30.2. The highest BCUT2D eigenvalue weighted by atomic mass is 19.3. The average molecular weight is 1540 g/mol. The molecule has 0 radical (unpaired) electrons. The van der Waals surface area contributed by atoms with E-state index in [0.29, 0.717) is 117 Å². The number of ether oxygens (including phenoxy) is 3. The monoisotopic (exact) mass is 1540 g/mol. The predicted molar refractivity (Wildman–Crippen MR) is 466 cm³/mol. The normalized spacial score (nSPS) is 28.1. The van der Waals surface area contributed by atoms with Crippen LogP contribution in [0.25, 0.3) is 0 Å². The number of halogens is 4. The topological polar surface area (TPSA) is 44.8 Å². The molecule has 0 spiro atoms. The van der Waals surface area contributed by atoms with Gasteiger partial charge in [0, 0.05) is 35.0 Å². The van der Waals surface area contributed by atoms with Gasteiger partial charge in [-0.25, -0.2) is 17.6 Å². The number of hydrogen-bond donors (Lipinski definition) is 0. The fourth-order valence-corrected chi connectivity index (χ4v) is 14.4. The van der Waals surface area contributed by atoms with E-state index in [9.17, 15) is 22.4 Å². The maximum atomic E-state index is 13.2. The molecule has 5 unspecified atom stereocenters. The number of alkyl halides is 4. The van der Waals surface area contributed by atoms with Crippen LogP contribution in [0.3, 0.4) is 0 Å². The van der Waals surface area contributed by atoms with Gasteiger partial charge in [0.1, 0.15) is 11.3 Å². The van der Waals surface area contributed by atoms with Gasteiger partial charge in [-0.05, 0) is 246 Å². The molecule has 2 aliphatic heterocycles. The molecule has 0 N–H and O–H groups in total. The van der Waals surface area contributed by atoms with Crippen LogP contribution in [0.5, 0.6) is 0 Å². The summed E-state index contributed by atoms with van der Waals surface area (Å²) in [5, 5.41) is 0. The first-order chi connectivity index (χ1) is 47.3. The number of rotatable bonds is 6. The Morgan fingerprint density at radius 2 is 0.639 bits per heavy atom. The van der Waals surface area contributed by atoms with Crippen molar-refractivity contribution in [3.05, 3.63) is 0 Å². The van der Waals surface area contributed by atoms with Crippen LogP contribution in [0.4, 0.5) is 17.6 Å². The summed E-state index contributed by atoms with van der Waals surface area (Å²) < 4.78 is 66.6. The van der Waals surface area contributed by atoms with E-state index in [1.165, 1.54) is 110 Å². The SMILES string of the molecule is CC(=O)OCC1(C(C)(C)C)CC1.CC(C)(C)C1(C)CC1.CC(C)(C)C1(C)CC1.CC(C)(C)C1(C)CC1.CC(C)(C)C1(C)CC1.CC(C)(C)C1(C)CC1(F)F.CC(C)(C)C1(C)CCC1.CC(C)(C)C1(C)COC1.CC(C)(C)C1(C)COC1.CC(C)C1CC1(C)F.CC(C)C1CC1C(C)(C)F.CCC1(C(C)(C)C)CC1. The minimum atomic E-state index is -2.41. The van der Waals surface area contributed by atoms with Gasteiger partial charge in [-0.3, -0.25) is 4.79 Å². The highest BCUT2D eigenvalue weighted by molar-refractivity contribution is 5.66. The maximum absolute atomic E-state index is 13.2. The lowest BCUT2D eigenvalue weighted by Crippen LogP contribution is -2.49. The Labute approximate surface area is 674 Å². The van der Waals surface area contributed by atoms with Crippen LogP contribution in [0.1, 0.15) is 447 Å². The Balaban J connectivity index is 0.000000590. The second-order valence-corrected chi connectivity index (χ2v) is 51.8. The molecule has 10 aliphatic carbocycles. The Morgan fingerprint density at radius 3 is 0.676 bits per heavy atom. The third-order valence-corrected chi connectivity index (χ3v) is 33.5. The van der Waals surface area contributed by atoms with Gasteiger partial charge in [-0.15, -0.1) is 0 Å². The van der Waals surface area contributed by atoms with Crippen LogP contribution in [-0.4, -0.2) is 56.3 Å². The van der Waals surface area contributed by atoms with Crippen molar-refractivity contribution in [1.29, 1.82) is 0 Å². The minimum absolute atomic E-state index is 0.0590. The van der Waals surface area contributed by atoms with Gasteiger partial charge in [0.15, 0.2) is 0 Å². The van der Waals surface area contributed by atoms with Gasteiger partial charge in [-0.2, -0.15) is 0 Å². The molecule has 5 atom stereocenters. The average Bonchev–Trinajstić information content (AvgIpc) is 1.54. The number of carbonyl (C=O) groups excluding carboxylic acids is 1. The van der Waals surface area contributed by atoms with E-state index in [0.717, 1.165) is 44.7 Å². The molecule has 10 saturated carbocycles. The first kappa shape index (κ1) is 105. The number of carbonyl (C=O) groups is 1. The van der Waals surface area contributed by atoms with Gasteiger partial charge in [-0.1, -0.05) is 304 Å². The summed E-state index contributed by atoms with van der Waals surface area (Å²) >= 11 is 0. The van der Waals surface area contributed by atoms with Gasteiger partial charge >= 0.3 is 5.97 Å². The summed E-state index contributed by atoms with van der Waals surface area (Å²) in [7, 11) is 0. The summed E-state index contributed by atoms with van der Waals surface area (Å²) in [5.41, 5.74) is 6.89. The van der Waals surface area contributed by atoms with Gasteiger partial charge in [0.05, 0.1) is 33.0 Å². The molecule has 2 saturated heterocycles. The largest absolute Gasteiger partial charge is 0.465 e. The van der Waals surface area contributed by atoms with Crippen molar-refractivity contribution in [3.63, 3.8) is 0 Å². The van der Waals surface area contributed by atoms with E-state index in [1.54, 1.807) is 27.7 Å². The van der Waals surface area contributed by atoms with E-state index in [4.69, 9.17) is 14.2 Å².